The van der Waals surface area contributed by atoms with E-state index in [0.29, 0.717) is 43.1 Å². The van der Waals surface area contributed by atoms with Crippen LogP contribution in [0.3, 0.4) is 0 Å². The van der Waals surface area contributed by atoms with Gasteiger partial charge in [-0.15, -0.1) is 0 Å². The Morgan fingerprint density at radius 2 is 1.73 bits per heavy atom. The van der Waals surface area contributed by atoms with Gasteiger partial charge in [-0.2, -0.15) is 4.31 Å². The molecule has 0 spiro atoms. The third kappa shape index (κ3) is 4.76. The molecule has 0 unspecified atom stereocenters. The first kappa shape index (κ1) is 22.1. The zero-order valence-corrected chi connectivity index (χ0v) is 18.4. The minimum Gasteiger partial charge on any atom is -0.493 e. The Labute approximate surface area is 178 Å². The quantitative estimate of drug-likeness (QED) is 0.641. The third-order valence-corrected chi connectivity index (χ3v) is 7.21. The number of carbonyl (C=O) groups excluding carboxylic acids is 1. The monoisotopic (exact) mass is 432 g/mol. The molecule has 3 rings (SSSR count). The molecule has 2 aromatic carbocycles. The van der Waals surface area contributed by atoms with Crippen molar-refractivity contribution in [2.75, 3.05) is 40.9 Å². The average molecular weight is 433 g/mol. The predicted molar refractivity (Wildman–Crippen MR) is 115 cm³/mol. The molecular weight excluding hydrogens is 404 g/mol. The molecule has 0 aliphatic carbocycles. The molecule has 0 saturated carbocycles. The van der Waals surface area contributed by atoms with E-state index < -0.39 is 10.0 Å². The highest BCUT2D eigenvalue weighted by Crippen LogP contribution is 2.28. The summed E-state index contributed by atoms with van der Waals surface area (Å²) in [5.41, 5.74) is 1.38. The molecule has 0 N–H and O–H groups in total. The van der Waals surface area contributed by atoms with Crippen molar-refractivity contribution in [1.82, 2.24) is 9.21 Å². The largest absolute Gasteiger partial charge is 0.493 e. The topological polar surface area (TPSA) is 76.2 Å². The smallest absolute Gasteiger partial charge is 0.253 e. The minimum absolute atomic E-state index is 0.170. The highest BCUT2D eigenvalue weighted by Gasteiger charge is 2.27. The fourth-order valence-electron chi connectivity index (χ4n) is 3.52. The maximum Gasteiger partial charge on any atom is 0.253 e. The Bertz CT molecular complexity index is 1000. The van der Waals surface area contributed by atoms with E-state index >= 15 is 0 Å². The number of sulfonamides is 1. The van der Waals surface area contributed by atoms with E-state index in [0.717, 1.165) is 18.4 Å². The van der Waals surface area contributed by atoms with Crippen LogP contribution in [0.2, 0.25) is 0 Å². The van der Waals surface area contributed by atoms with Crippen LogP contribution in [0.25, 0.3) is 0 Å². The number of amides is 1. The lowest BCUT2D eigenvalue weighted by atomic mass is 10.1. The van der Waals surface area contributed by atoms with E-state index in [2.05, 4.69) is 0 Å². The van der Waals surface area contributed by atoms with Crippen molar-refractivity contribution >= 4 is 15.9 Å². The van der Waals surface area contributed by atoms with Gasteiger partial charge in [0.15, 0.2) is 11.5 Å². The van der Waals surface area contributed by atoms with Gasteiger partial charge in [-0.05, 0) is 55.2 Å². The lowest BCUT2D eigenvalue weighted by Gasteiger charge is -2.19. The molecule has 30 heavy (non-hydrogen) atoms. The summed E-state index contributed by atoms with van der Waals surface area (Å²) in [7, 11) is 1.33. The third-order valence-electron chi connectivity index (χ3n) is 5.31. The van der Waals surface area contributed by atoms with Crippen LogP contribution in [0.15, 0.2) is 47.4 Å². The van der Waals surface area contributed by atoms with Gasteiger partial charge in [-0.25, -0.2) is 8.42 Å². The molecular formula is C22H28N2O5S. The van der Waals surface area contributed by atoms with Crippen LogP contribution in [0.4, 0.5) is 0 Å². The number of hydrogen-bond acceptors (Lipinski definition) is 5. The number of hydrogen-bond donors (Lipinski definition) is 0. The normalized spacial score (nSPS) is 14.5. The predicted octanol–water partition coefficient (Wildman–Crippen LogP) is 2.80. The maximum atomic E-state index is 12.9. The summed E-state index contributed by atoms with van der Waals surface area (Å²) in [5.74, 6) is 1.08. The molecule has 0 bridgehead atoms. The number of methoxy groups -OCH3 is 2. The number of carbonyl (C=O) groups is 1. The molecule has 1 fully saturated rings. The minimum atomic E-state index is -3.55. The number of rotatable bonds is 8. The first-order valence-corrected chi connectivity index (χ1v) is 11.4. The molecule has 162 valence electrons. The Hall–Kier alpha value is -2.58. The van der Waals surface area contributed by atoms with Gasteiger partial charge in [0.05, 0.1) is 19.1 Å². The Balaban J connectivity index is 1.69. The standard InChI is InChI=1S/C22H28N2O5S/c1-23(14-11-17-9-10-20(28-2)21(15-17)29-3)22(25)18-7-6-8-19(16-18)30(26,27)24-12-4-5-13-24/h6-10,15-16H,4-5,11-14H2,1-3H3. The summed E-state index contributed by atoms with van der Waals surface area (Å²) in [6, 6.07) is 12.0. The summed E-state index contributed by atoms with van der Waals surface area (Å²) in [6.07, 6.45) is 2.38. The van der Waals surface area contributed by atoms with Gasteiger partial charge in [-0.1, -0.05) is 12.1 Å². The fraction of sp³-hybridized carbons (Fsp3) is 0.409. The van der Waals surface area contributed by atoms with E-state index in [9.17, 15) is 13.2 Å². The molecule has 1 aliphatic heterocycles. The van der Waals surface area contributed by atoms with Gasteiger partial charge in [0.1, 0.15) is 0 Å². The maximum absolute atomic E-state index is 12.9. The fourth-order valence-corrected chi connectivity index (χ4v) is 5.09. The highest BCUT2D eigenvalue weighted by molar-refractivity contribution is 7.89. The molecule has 8 heteroatoms. The van der Waals surface area contributed by atoms with Crippen molar-refractivity contribution in [3.8, 4) is 11.5 Å². The molecule has 0 radical (unpaired) electrons. The van der Waals surface area contributed by atoms with Gasteiger partial charge in [0, 0.05) is 32.2 Å². The van der Waals surface area contributed by atoms with Gasteiger partial charge >= 0.3 is 0 Å². The number of nitrogens with zero attached hydrogens (tertiary/aromatic N) is 2. The Morgan fingerprint density at radius 3 is 2.40 bits per heavy atom. The van der Waals surface area contributed by atoms with Gasteiger partial charge in [0.25, 0.3) is 5.91 Å². The van der Waals surface area contributed by atoms with Crippen molar-refractivity contribution in [3.63, 3.8) is 0 Å². The summed E-state index contributed by atoms with van der Waals surface area (Å²) >= 11 is 0. The molecule has 1 heterocycles. The summed E-state index contributed by atoms with van der Waals surface area (Å²) < 4.78 is 37.6. The van der Waals surface area contributed by atoms with Crippen LogP contribution < -0.4 is 9.47 Å². The van der Waals surface area contributed by atoms with Crippen LogP contribution >= 0.6 is 0 Å². The second-order valence-electron chi connectivity index (χ2n) is 7.31. The lowest BCUT2D eigenvalue weighted by molar-refractivity contribution is 0.0796. The molecule has 7 nitrogen and oxygen atoms in total. The van der Waals surface area contributed by atoms with E-state index in [1.165, 1.54) is 10.4 Å². The van der Waals surface area contributed by atoms with Gasteiger partial charge in [-0.3, -0.25) is 4.79 Å². The van der Waals surface area contributed by atoms with Crippen molar-refractivity contribution in [1.29, 1.82) is 0 Å². The van der Waals surface area contributed by atoms with E-state index in [1.54, 1.807) is 44.4 Å². The molecule has 1 aliphatic rings. The SMILES string of the molecule is COc1ccc(CCN(C)C(=O)c2cccc(S(=O)(=O)N3CCCC3)c2)cc1OC. The van der Waals surface area contributed by atoms with Gasteiger partial charge in [0.2, 0.25) is 10.0 Å². The molecule has 1 amide bonds. The van der Waals surface area contributed by atoms with Crippen LogP contribution in [0.1, 0.15) is 28.8 Å². The Kier molecular flexibility index (Phi) is 6.99. The zero-order valence-electron chi connectivity index (χ0n) is 17.6. The van der Waals surface area contributed by atoms with Crippen molar-refractivity contribution in [2.24, 2.45) is 0 Å². The molecule has 0 aromatic heterocycles. The van der Waals surface area contributed by atoms with Crippen LogP contribution in [0.5, 0.6) is 11.5 Å². The summed E-state index contributed by atoms with van der Waals surface area (Å²) in [5, 5.41) is 0. The van der Waals surface area contributed by atoms with Crippen molar-refractivity contribution < 1.29 is 22.7 Å². The average Bonchev–Trinajstić information content (AvgIpc) is 3.32. The van der Waals surface area contributed by atoms with Crippen LogP contribution in [-0.4, -0.2) is 64.4 Å². The molecule has 0 atom stereocenters. The number of likely N-dealkylation sites (N-methyl/N-ethyl adjacent to an activating group) is 1. The van der Waals surface area contributed by atoms with Crippen LogP contribution in [-0.2, 0) is 16.4 Å². The van der Waals surface area contributed by atoms with E-state index in [1.807, 2.05) is 18.2 Å². The Morgan fingerprint density at radius 1 is 1.03 bits per heavy atom. The lowest BCUT2D eigenvalue weighted by Crippen LogP contribution is -2.30. The highest BCUT2D eigenvalue weighted by atomic mass is 32.2. The summed E-state index contributed by atoms with van der Waals surface area (Å²) in [4.78, 5) is 14.6. The zero-order chi connectivity index (χ0) is 21.7. The van der Waals surface area contributed by atoms with E-state index in [-0.39, 0.29) is 10.8 Å². The number of ether oxygens (including phenoxy) is 2. The van der Waals surface area contributed by atoms with Gasteiger partial charge < -0.3 is 14.4 Å². The molecule has 2 aromatic rings. The van der Waals surface area contributed by atoms with Crippen molar-refractivity contribution in [2.45, 2.75) is 24.2 Å². The molecule has 1 saturated heterocycles. The first-order chi connectivity index (χ1) is 14.4. The second kappa shape index (κ2) is 9.49. The van der Waals surface area contributed by atoms with Crippen molar-refractivity contribution in [3.05, 3.63) is 53.6 Å². The van der Waals surface area contributed by atoms with E-state index in [4.69, 9.17) is 9.47 Å². The first-order valence-electron chi connectivity index (χ1n) is 9.93. The summed E-state index contributed by atoms with van der Waals surface area (Å²) in [6.45, 7) is 1.55. The second-order valence-corrected chi connectivity index (χ2v) is 9.24. The number of benzene rings is 2. The van der Waals surface area contributed by atoms with Crippen LogP contribution in [0, 0.1) is 0 Å².